The van der Waals surface area contributed by atoms with Crippen molar-refractivity contribution in [3.63, 3.8) is 0 Å². The van der Waals surface area contributed by atoms with Crippen LogP contribution >= 0.6 is 0 Å². The van der Waals surface area contributed by atoms with Crippen molar-refractivity contribution in [2.24, 2.45) is 5.92 Å². The van der Waals surface area contributed by atoms with Crippen molar-refractivity contribution in [3.05, 3.63) is 34.9 Å². The molecule has 1 aromatic carbocycles. The molecule has 0 fully saturated rings. The van der Waals surface area contributed by atoms with Gasteiger partial charge in [-0.25, -0.2) is 0 Å². The third-order valence-electron chi connectivity index (χ3n) is 3.01. The largest absolute Gasteiger partial charge is 0.352 e. The number of amides is 1. The van der Waals surface area contributed by atoms with Gasteiger partial charge in [-0.15, -0.1) is 0 Å². The van der Waals surface area contributed by atoms with Crippen LogP contribution in [0, 0.1) is 19.8 Å². The van der Waals surface area contributed by atoms with E-state index in [1.54, 1.807) is 0 Å². The Morgan fingerprint density at radius 3 is 2.62 bits per heavy atom. The maximum absolute atomic E-state index is 11.6. The van der Waals surface area contributed by atoms with Crippen molar-refractivity contribution < 1.29 is 4.79 Å². The summed E-state index contributed by atoms with van der Waals surface area (Å²) < 4.78 is 0. The normalized spacial score (nSPS) is 12.2. The summed E-state index contributed by atoms with van der Waals surface area (Å²) in [4.78, 5) is 11.6. The van der Waals surface area contributed by atoms with Gasteiger partial charge in [-0.1, -0.05) is 37.6 Å². The Morgan fingerprint density at radius 2 is 2.06 bits per heavy atom. The van der Waals surface area contributed by atoms with E-state index < -0.39 is 0 Å². The van der Waals surface area contributed by atoms with Crippen LogP contribution in [0.3, 0.4) is 0 Å². The maximum atomic E-state index is 11.6. The molecule has 1 unspecified atom stereocenters. The average molecular weight is 219 g/mol. The topological polar surface area (TPSA) is 29.1 Å². The van der Waals surface area contributed by atoms with Gasteiger partial charge in [-0.2, -0.15) is 0 Å². The molecule has 0 radical (unpaired) electrons. The lowest BCUT2D eigenvalue weighted by Gasteiger charge is -2.11. The Balaban J connectivity index is 2.58. The Labute approximate surface area is 98.1 Å². The van der Waals surface area contributed by atoms with Crippen LogP contribution in [0.1, 0.15) is 37.0 Å². The number of hydrogen-bond acceptors (Lipinski definition) is 1. The maximum Gasteiger partial charge on any atom is 0.223 e. The van der Waals surface area contributed by atoms with Gasteiger partial charge in [0, 0.05) is 12.5 Å². The molecule has 1 aromatic rings. The van der Waals surface area contributed by atoms with E-state index in [1.165, 1.54) is 16.7 Å². The highest BCUT2D eigenvalue weighted by molar-refractivity contribution is 5.78. The zero-order valence-corrected chi connectivity index (χ0v) is 10.6. The van der Waals surface area contributed by atoms with E-state index >= 15 is 0 Å². The predicted molar refractivity (Wildman–Crippen MR) is 67.2 cm³/mol. The van der Waals surface area contributed by atoms with Crippen molar-refractivity contribution in [2.75, 3.05) is 0 Å². The zero-order chi connectivity index (χ0) is 12.1. The first-order valence-corrected chi connectivity index (χ1v) is 5.88. The van der Waals surface area contributed by atoms with Crippen LogP contribution in [0.5, 0.6) is 0 Å². The van der Waals surface area contributed by atoms with Gasteiger partial charge in [0.05, 0.1) is 0 Å². The minimum Gasteiger partial charge on any atom is -0.352 e. The van der Waals surface area contributed by atoms with Gasteiger partial charge in [-0.05, 0) is 31.4 Å². The van der Waals surface area contributed by atoms with Crippen LogP contribution in [0.2, 0.25) is 0 Å². The highest BCUT2D eigenvalue weighted by atomic mass is 16.1. The molecule has 0 aliphatic carbocycles. The summed E-state index contributed by atoms with van der Waals surface area (Å²) in [6, 6.07) is 6.31. The van der Waals surface area contributed by atoms with Crippen LogP contribution in [0.4, 0.5) is 0 Å². The molecule has 0 saturated carbocycles. The first-order chi connectivity index (χ1) is 7.54. The molecular weight excluding hydrogens is 198 g/mol. The lowest BCUT2D eigenvalue weighted by Crippen LogP contribution is -2.28. The Hall–Kier alpha value is -1.31. The second kappa shape index (κ2) is 5.69. The van der Waals surface area contributed by atoms with E-state index in [0.717, 1.165) is 6.42 Å². The van der Waals surface area contributed by atoms with Crippen molar-refractivity contribution in [3.8, 4) is 0 Å². The van der Waals surface area contributed by atoms with Gasteiger partial charge in [-0.3, -0.25) is 4.79 Å². The lowest BCUT2D eigenvalue weighted by molar-refractivity contribution is -0.124. The van der Waals surface area contributed by atoms with Crippen molar-refractivity contribution in [2.45, 2.75) is 40.7 Å². The molecule has 0 saturated heterocycles. The molecule has 1 atom stereocenters. The molecule has 0 spiro atoms. The number of nitrogens with one attached hydrogen (secondary N) is 1. The second-order valence-electron chi connectivity index (χ2n) is 4.46. The van der Waals surface area contributed by atoms with Crippen LogP contribution in [-0.4, -0.2) is 5.91 Å². The van der Waals surface area contributed by atoms with Crippen LogP contribution in [0.25, 0.3) is 0 Å². The third-order valence-corrected chi connectivity index (χ3v) is 3.01. The molecular formula is C14H21NO. The van der Waals surface area contributed by atoms with E-state index in [-0.39, 0.29) is 11.8 Å². The van der Waals surface area contributed by atoms with Gasteiger partial charge in [0.15, 0.2) is 0 Å². The van der Waals surface area contributed by atoms with E-state index in [1.807, 2.05) is 13.8 Å². The average Bonchev–Trinajstić information content (AvgIpc) is 2.26. The standard InChI is InChI=1S/C14H21NO/c1-5-11(3)14(16)15-9-13-7-6-10(2)8-12(13)4/h6-8,11H,5,9H2,1-4H3,(H,15,16). The first-order valence-electron chi connectivity index (χ1n) is 5.88. The van der Waals surface area contributed by atoms with Crippen LogP contribution in [-0.2, 0) is 11.3 Å². The van der Waals surface area contributed by atoms with E-state index in [9.17, 15) is 4.79 Å². The third kappa shape index (κ3) is 3.37. The van der Waals surface area contributed by atoms with Crippen LogP contribution in [0.15, 0.2) is 18.2 Å². The second-order valence-corrected chi connectivity index (χ2v) is 4.46. The van der Waals surface area contributed by atoms with Gasteiger partial charge in [0.1, 0.15) is 0 Å². The lowest BCUT2D eigenvalue weighted by atomic mass is 10.0. The summed E-state index contributed by atoms with van der Waals surface area (Å²) in [6.07, 6.45) is 0.888. The van der Waals surface area contributed by atoms with Gasteiger partial charge in [0.25, 0.3) is 0 Å². The monoisotopic (exact) mass is 219 g/mol. The van der Waals surface area contributed by atoms with E-state index in [2.05, 4.69) is 37.4 Å². The minimum atomic E-state index is 0.103. The quantitative estimate of drug-likeness (QED) is 0.828. The molecule has 0 aliphatic heterocycles. The molecule has 1 N–H and O–H groups in total. The predicted octanol–water partition coefficient (Wildman–Crippen LogP) is 2.97. The fourth-order valence-corrected chi connectivity index (χ4v) is 1.59. The summed E-state index contributed by atoms with van der Waals surface area (Å²) in [7, 11) is 0. The Morgan fingerprint density at radius 1 is 1.38 bits per heavy atom. The number of carbonyl (C=O) groups is 1. The molecule has 0 bridgehead atoms. The molecule has 1 amide bonds. The SMILES string of the molecule is CCC(C)C(=O)NCc1ccc(C)cc1C. The summed E-state index contributed by atoms with van der Waals surface area (Å²) >= 11 is 0. The number of aryl methyl sites for hydroxylation is 2. The molecule has 2 heteroatoms. The summed E-state index contributed by atoms with van der Waals surface area (Å²) in [5, 5.41) is 2.97. The van der Waals surface area contributed by atoms with E-state index in [4.69, 9.17) is 0 Å². The minimum absolute atomic E-state index is 0.103. The fraction of sp³-hybridized carbons (Fsp3) is 0.500. The number of rotatable bonds is 4. The number of benzene rings is 1. The summed E-state index contributed by atoms with van der Waals surface area (Å²) in [5.74, 6) is 0.244. The summed E-state index contributed by atoms with van der Waals surface area (Å²) in [6.45, 7) is 8.78. The molecule has 0 aromatic heterocycles. The first kappa shape index (κ1) is 12.8. The van der Waals surface area contributed by atoms with Gasteiger partial charge >= 0.3 is 0 Å². The van der Waals surface area contributed by atoms with Crippen molar-refractivity contribution in [1.29, 1.82) is 0 Å². The molecule has 88 valence electrons. The van der Waals surface area contributed by atoms with Crippen LogP contribution < -0.4 is 5.32 Å². The highest BCUT2D eigenvalue weighted by Gasteiger charge is 2.09. The van der Waals surface area contributed by atoms with Gasteiger partial charge in [0.2, 0.25) is 5.91 Å². The number of hydrogen-bond donors (Lipinski definition) is 1. The molecule has 16 heavy (non-hydrogen) atoms. The van der Waals surface area contributed by atoms with Crippen molar-refractivity contribution in [1.82, 2.24) is 5.32 Å². The molecule has 0 aliphatic rings. The van der Waals surface area contributed by atoms with E-state index in [0.29, 0.717) is 6.54 Å². The van der Waals surface area contributed by atoms with Gasteiger partial charge < -0.3 is 5.32 Å². The fourth-order valence-electron chi connectivity index (χ4n) is 1.59. The molecule has 1 rings (SSSR count). The smallest absolute Gasteiger partial charge is 0.223 e. The zero-order valence-electron chi connectivity index (χ0n) is 10.6. The van der Waals surface area contributed by atoms with Crippen molar-refractivity contribution >= 4 is 5.91 Å². The molecule has 0 heterocycles. The highest BCUT2D eigenvalue weighted by Crippen LogP contribution is 2.10. The number of carbonyl (C=O) groups excluding carboxylic acids is 1. The summed E-state index contributed by atoms with van der Waals surface area (Å²) in [5.41, 5.74) is 3.70. The Bertz CT molecular complexity index is 371. The Kier molecular flexibility index (Phi) is 4.53. The molecule has 2 nitrogen and oxygen atoms in total.